The molecule has 1 aromatic carbocycles. The molecular formula is C16H20N2O4. The lowest BCUT2D eigenvalue weighted by molar-refractivity contribution is -0.139. The molecule has 118 valence electrons. The van der Waals surface area contributed by atoms with E-state index in [9.17, 15) is 19.5 Å². The molecule has 0 saturated heterocycles. The summed E-state index contributed by atoms with van der Waals surface area (Å²) in [5, 5.41) is 14.5. The molecule has 3 N–H and O–H groups in total. The summed E-state index contributed by atoms with van der Waals surface area (Å²) in [7, 11) is 0. The van der Waals surface area contributed by atoms with Crippen molar-refractivity contribution >= 4 is 17.8 Å². The van der Waals surface area contributed by atoms with Crippen LogP contribution in [0.25, 0.3) is 0 Å². The summed E-state index contributed by atoms with van der Waals surface area (Å²) in [5.41, 5.74) is 0.427. The molecule has 2 amide bonds. The van der Waals surface area contributed by atoms with Crippen LogP contribution < -0.4 is 10.6 Å². The molecule has 0 spiro atoms. The molecule has 0 radical (unpaired) electrons. The van der Waals surface area contributed by atoms with Gasteiger partial charge in [-0.3, -0.25) is 9.59 Å². The van der Waals surface area contributed by atoms with Crippen LogP contribution in [0.1, 0.15) is 36.0 Å². The van der Waals surface area contributed by atoms with Crippen molar-refractivity contribution in [1.29, 1.82) is 0 Å². The molecule has 1 aliphatic carbocycles. The van der Waals surface area contributed by atoms with Crippen LogP contribution in [0.4, 0.5) is 0 Å². The van der Waals surface area contributed by atoms with Gasteiger partial charge in [0, 0.05) is 18.0 Å². The Morgan fingerprint density at radius 3 is 2.45 bits per heavy atom. The third kappa shape index (κ3) is 4.87. The van der Waals surface area contributed by atoms with Crippen molar-refractivity contribution < 1.29 is 19.5 Å². The minimum Gasteiger partial charge on any atom is -0.480 e. The minimum absolute atomic E-state index is 0.0418. The van der Waals surface area contributed by atoms with Gasteiger partial charge in [0.25, 0.3) is 5.91 Å². The fraction of sp³-hybridized carbons (Fsp3) is 0.438. The zero-order valence-electron chi connectivity index (χ0n) is 12.2. The van der Waals surface area contributed by atoms with Crippen molar-refractivity contribution in [2.24, 2.45) is 5.92 Å². The Morgan fingerprint density at radius 2 is 1.86 bits per heavy atom. The van der Waals surface area contributed by atoms with Crippen LogP contribution in [0, 0.1) is 5.92 Å². The number of aliphatic carboxylic acids is 1. The lowest BCUT2D eigenvalue weighted by atomic mass is 10.1. The van der Waals surface area contributed by atoms with Crippen molar-refractivity contribution in [1.82, 2.24) is 10.6 Å². The highest BCUT2D eigenvalue weighted by molar-refractivity contribution is 5.96. The molecule has 1 saturated carbocycles. The second kappa shape index (κ2) is 7.59. The summed E-state index contributed by atoms with van der Waals surface area (Å²) in [4.78, 5) is 34.6. The van der Waals surface area contributed by atoms with Crippen LogP contribution in [0.2, 0.25) is 0 Å². The van der Waals surface area contributed by atoms with E-state index in [2.05, 4.69) is 10.6 Å². The molecule has 1 atom stereocenters. The summed E-state index contributed by atoms with van der Waals surface area (Å²) in [6.07, 6.45) is 2.66. The van der Waals surface area contributed by atoms with Gasteiger partial charge in [-0.1, -0.05) is 18.2 Å². The minimum atomic E-state index is -1.07. The first-order valence-electron chi connectivity index (χ1n) is 7.44. The first kappa shape index (κ1) is 16.0. The van der Waals surface area contributed by atoms with E-state index in [1.807, 2.05) is 0 Å². The Balaban J connectivity index is 1.75. The van der Waals surface area contributed by atoms with E-state index in [1.54, 1.807) is 30.3 Å². The standard InChI is InChI=1S/C16H20N2O4/c19-14(12-8-9-12)17-10-4-7-13(16(21)22)18-15(20)11-5-2-1-3-6-11/h1-3,5-6,12-13H,4,7-10H2,(H,17,19)(H,18,20)(H,21,22)/t13-/m0/s1. The van der Waals surface area contributed by atoms with Gasteiger partial charge in [-0.2, -0.15) is 0 Å². The van der Waals surface area contributed by atoms with Crippen molar-refractivity contribution in [3.8, 4) is 0 Å². The maximum absolute atomic E-state index is 12.0. The van der Waals surface area contributed by atoms with Crippen LogP contribution in [-0.2, 0) is 9.59 Å². The summed E-state index contributed by atoms with van der Waals surface area (Å²) >= 11 is 0. The maximum Gasteiger partial charge on any atom is 0.326 e. The number of carboxylic acid groups (broad SMARTS) is 1. The predicted molar refractivity (Wildman–Crippen MR) is 80.3 cm³/mol. The fourth-order valence-electron chi connectivity index (χ4n) is 2.10. The van der Waals surface area contributed by atoms with Gasteiger partial charge in [0.2, 0.25) is 5.91 Å². The first-order chi connectivity index (χ1) is 10.6. The average Bonchev–Trinajstić information content (AvgIpc) is 3.35. The highest BCUT2D eigenvalue weighted by atomic mass is 16.4. The lowest BCUT2D eigenvalue weighted by Gasteiger charge is -2.14. The monoisotopic (exact) mass is 304 g/mol. The van der Waals surface area contributed by atoms with E-state index in [0.717, 1.165) is 12.8 Å². The van der Waals surface area contributed by atoms with Crippen LogP contribution >= 0.6 is 0 Å². The quantitative estimate of drug-likeness (QED) is 0.628. The van der Waals surface area contributed by atoms with E-state index < -0.39 is 17.9 Å². The average molecular weight is 304 g/mol. The Hall–Kier alpha value is -2.37. The van der Waals surface area contributed by atoms with Crippen LogP contribution in [0.5, 0.6) is 0 Å². The fourth-order valence-corrected chi connectivity index (χ4v) is 2.10. The van der Waals surface area contributed by atoms with Gasteiger partial charge >= 0.3 is 5.97 Å². The SMILES string of the molecule is O=C(N[C@@H](CCCNC(=O)C1CC1)C(=O)O)c1ccccc1. The molecular weight excluding hydrogens is 284 g/mol. The van der Waals surface area contributed by atoms with Crippen molar-refractivity contribution in [3.63, 3.8) is 0 Å². The van der Waals surface area contributed by atoms with Gasteiger partial charge in [-0.05, 0) is 37.8 Å². The maximum atomic E-state index is 12.0. The van der Waals surface area contributed by atoms with Gasteiger partial charge in [-0.15, -0.1) is 0 Å². The number of hydrogen-bond donors (Lipinski definition) is 3. The number of carboxylic acids is 1. The molecule has 0 bridgehead atoms. The Bertz CT molecular complexity index is 540. The number of hydrogen-bond acceptors (Lipinski definition) is 3. The normalized spacial score (nSPS) is 14.9. The molecule has 2 rings (SSSR count). The number of nitrogens with one attached hydrogen (secondary N) is 2. The van der Waals surface area contributed by atoms with Crippen molar-refractivity contribution in [3.05, 3.63) is 35.9 Å². The highest BCUT2D eigenvalue weighted by Gasteiger charge is 2.29. The van der Waals surface area contributed by atoms with Gasteiger partial charge in [0.1, 0.15) is 6.04 Å². The van der Waals surface area contributed by atoms with Crippen molar-refractivity contribution in [2.45, 2.75) is 31.7 Å². The van der Waals surface area contributed by atoms with E-state index in [-0.39, 0.29) is 18.2 Å². The highest BCUT2D eigenvalue weighted by Crippen LogP contribution is 2.28. The van der Waals surface area contributed by atoms with E-state index in [1.165, 1.54) is 0 Å². The summed E-state index contributed by atoms with van der Waals surface area (Å²) in [6, 6.07) is 7.53. The number of carbonyl (C=O) groups is 3. The second-order valence-corrected chi connectivity index (χ2v) is 5.44. The van der Waals surface area contributed by atoms with Gasteiger partial charge in [0.15, 0.2) is 0 Å². The molecule has 6 nitrogen and oxygen atoms in total. The third-order valence-corrected chi connectivity index (χ3v) is 3.56. The predicted octanol–water partition coefficient (Wildman–Crippen LogP) is 1.18. The lowest BCUT2D eigenvalue weighted by Crippen LogP contribution is -2.41. The number of carbonyl (C=O) groups excluding carboxylic acids is 2. The summed E-state index contributed by atoms with van der Waals surface area (Å²) in [6.45, 7) is 0.431. The molecule has 22 heavy (non-hydrogen) atoms. The molecule has 0 heterocycles. The Kier molecular flexibility index (Phi) is 5.52. The second-order valence-electron chi connectivity index (χ2n) is 5.44. The molecule has 6 heteroatoms. The van der Waals surface area contributed by atoms with E-state index >= 15 is 0 Å². The van der Waals surface area contributed by atoms with Crippen LogP contribution in [-0.4, -0.2) is 35.5 Å². The zero-order chi connectivity index (χ0) is 15.9. The molecule has 0 aromatic heterocycles. The zero-order valence-corrected chi connectivity index (χ0v) is 12.2. The smallest absolute Gasteiger partial charge is 0.326 e. The molecule has 1 aromatic rings. The number of rotatable bonds is 8. The van der Waals surface area contributed by atoms with E-state index in [4.69, 9.17) is 0 Å². The van der Waals surface area contributed by atoms with Crippen molar-refractivity contribution in [2.75, 3.05) is 6.54 Å². The molecule has 1 fully saturated rings. The largest absolute Gasteiger partial charge is 0.480 e. The summed E-state index contributed by atoms with van der Waals surface area (Å²) in [5.74, 6) is -1.29. The summed E-state index contributed by atoms with van der Waals surface area (Å²) < 4.78 is 0. The molecule has 1 aliphatic rings. The topological polar surface area (TPSA) is 95.5 Å². The number of benzene rings is 1. The first-order valence-corrected chi connectivity index (χ1v) is 7.44. The Labute approximate surface area is 128 Å². The number of amides is 2. The van der Waals surface area contributed by atoms with Crippen LogP contribution in [0.3, 0.4) is 0 Å². The molecule has 0 unspecified atom stereocenters. The van der Waals surface area contributed by atoms with Gasteiger partial charge < -0.3 is 15.7 Å². The van der Waals surface area contributed by atoms with Crippen LogP contribution in [0.15, 0.2) is 30.3 Å². The van der Waals surface area contributed by atoms with E-state index in [0.29, 0.717) is 18.5 Å². The van der Waals surface area contributed by atoms with Gasteiger partial charge in [-0.25, -0.2) is 4.79 Å². The third-order valence-electron chi connectivity index (χ3n) is 3.56. The van der Waals surface area contributed by atoms with Gasteiger partial charge in [0.05, 0.1) is 0 Å². The Morgan fingerprint density at radius 1 is 1.18 bits per heavy atom. The molecule has 0 aliphatic heterocycles.